The highest BCUT2D eigenvalue weighted by atomic mass is 79.9. The Morgan fingerprint density at radius 2 is 0.795 bits per heavy atom. The van der Waals surface area contributed by atoms with Crippen molar-refractivity contribution in [1.82, 2.24) is 0 Å². The molecule has 6 aromatic rings. The predicted molar refractivity (Wildman–Crippen MR) is 172 cm³/mol. The second-order valence-corrected chi connectivity index (χ2v) is 9.93. The van der Waals surface area contributed by atoms with Crippen LogP contribution in [0, 0.1) is 0 Å². The Kier molecular flexibility index (Phi) is 10.7. The summed E-state index contributed by atoms with van der Waals surface area (Å²) in [5.74, 6) is 0. The second-order valence-electron chi connectivity index (χ2n) is 9.02. The van der Waals surface area contributed by atoms with Gasteiger partial charge < -0.3 is 5.73 Å². The zero-order chi connectivity index (χ0) is 27.1. The molecule has 0 heterocycles. The van der Waals surface area contributed by atoms with Crippen molar-refractivity contribution >= 4 is 21.6 Å². The van der Waals surface area contributed by atoms with Crippen LogP contribution >= 0.6 is 15.9 Å². The molecule has 2 heteroatoms. The molecule has 0 fully saturated rings. The van der Waals surface area contributed by atoms with E-state index in [4.69, 9.17) is 5.73 Å². The molecule has 0 unspecified atom stereocenters. The lowest BCUT2D eigenvalue weighted by Crippen LogP contribution is -1.88. The first-order valence-corrected chi connectivity index (χ1v) is 13.8. The number of halogens is 1. The summed E-state index contributed by atoms with van der Waals surface area (Å²) >= 11 is 3.46. The van der Waals surface area contributed by atoms with E-state index in [-0.39, 0.29) is 0 Å². The van der Waals surface area contributed by atoms with E-state index in [0.717, 1.165) is 16.6 Å². The molecule has 0 saturated carbocycles. The highest BCUT2D eigenvalue weighted by Gasteiger charge is 2.00. The smallest absolute Gasteiger partial charge is 0.0313 e. The van der Waals surface area contributed by atoms with Crippen LogP contribution in [0.25, 0.3) is 22.3 Å². The van der Waals surface area contributed by atoms with Gasteiger partial charge in [-0.3, -0.25) is 0 Å². The van der Waals surface area contributed by atoms with Crippen molar-refractivity contribution in [3.8, 4) is 22.3 Å². The first-order chi connectivity index (χ1) is 19.2. The Labute approximate surface area is 240 Å². The van der Waals surface area contributed by atoms with E-state index in [1.54, 1.807) is 0 Å². The van der Waals surface area contributed by atoms with Crippen molar-refractivity contribution in [1.29, 1.82) is 0 Å². The Morgan fingerprint density at radius 1 is 0.385 bits per heavy atom. The third-order valence-corrected chi connectivity index (χ3v) is 6.51. The highest BCUT2D eigenvalue weighted by molar-refractivity contribution is 9.10. The molecule has 0 aliphatic rings. The van der Waals surface area contributed by atoms with Gasteiger partial charge in [-0.15, -0.1) is 0 Å². The third kappa shape index (κ3) is 9.45. The lowest BCUT2D eigenvalue weighted by atomic mass is 9.99. The van der Waals surface area contributed by atoms with Crippen LogP contribution in [0.4, 0.5) is 5.69 Å². The fourth-order valence-electron chi connectivity index (χ4n) is 4.07. The first kappa shape index (κ1) is 27.6. The summed E-state index contributed by atoms with van der Waals surface area (Å²) in [5, 5.41) is 0. The van der Waals surface area contributed by atoms with Gasteiger partial charge in [-0.2, -0.15) is 0 Å². The summed E-state index contributed by atoms with van der Waals surface area (Å²) in [6, 6.07) is 58.1. The minimum atomic E-state index is 0.822. The molecule has 0 amide bonds. The number of benzene rings is 6. The van der Waals surface area contributed by atoms with Gasteiger partial charge in [0.15, 0.2) is 0 Å². The molecule has 192 valence electrons. The number of nitrogens with two attached hydrogens (primary N) is 1. The van der Waals surface area contributed by atoms with Crippen LogP contribution < -0.4 is 5.73 Å². The molecule has 0 atom stereocenters. The van der Waals surface area contributed by atoms with Gasteiger partial charge in [-0.05, 0) is 64.1 Å². The molecule has 2 N–H and O–H groups in total. The van der Waals surface area contributed by atoms with E-state index in [0.29, 0.717) is 0 Å². The largest absolute Gasteiger partial charge is 0.399 e. The average Bonchev–Trinajstić information content (AvgIpc) is 3.00. The molecule has 0 spiro atoms. The molecule has 0 aromatic heterocycles. The minimum Gasteiger partial charge on any atom is -0.399 e. The Bertz CT molecular complexity index is 1520. The molecular weight excluding hydrogens is 538 g/mol. The van der Waals surface area contributed by atoms with Gasteiger partial charge in [0.2, 0.25) is 0 Å². The van der Waals surface area contributed by atoms with Gasteiger partial charge in [0, 0.05) is 10.2 Å². The SMILES string of the molecule is Brc1cccc(-c2ccccc2)c1.Nc1ccccc1.c1ccc(Cc2cccc(-c3ccccc3)c2)cc1. The summed E-state index contributed by atoms with van der Waals surface area (Å²) in [5.41, 5.74) is 13.9. The van der Waals surface area contributed by atoms with Crippen LogP contribution in [0.3, 0.4) is 0 Å². The summed E-state index contributed by atoms with van der Waals surface area (Å²) < 4.78 is 1.12. The quantitative estimate of drug-likeness (QED) is 0.210. The van der Waals surface area contributed by atoms with Gasteiger partial charge in [0.1, 0.15) is 0 Å². The fraction of sp³-hybridized carbons (Fsp3) is 0.0270. The van der Waals surface area contributed by atoms with E-state index in [1.165, 1.54) is 33.4 Å². The Hall–Kier alpha value is -4.40. The monoisotopic (exact) mass is 569 g/mol. The molecule has 0 bridgehead atoms. The van der Waals surface area contributed by atoms with Gasteiger partial charge in [0.25, 0.3) is 0 Å². The molecule has 0 aliphatic heterocycles. The van der Waals surface area contributed by atoms with Crippen molar-refractivity contribution in [2.24, 2.45) is 0 Å². The summed E-state index contributed by atoms with van der Waals surface area (Å²) in [7, 11) is 0. The van der Waals surface area contributed by atoms with E-state index in [1.807, 2.05) is 48.5 Å². The van der Waals surface area contributed by atoms with Gasteiger partial charge >= 0.3 is 0 Å². The minimum absolute atomic E-state index is 0.822. The van der Waals surface area contributed by atoms with E-state index in [9.17, 15) is 0 Å². The number of hydrogen-bond donors (Lipinski definition) is 1. The number of hydrogen-bond acceptors (Lipinski definition) is 1. The number of nitrogen functional groups attached to an aromatic ring is 1. The molecule has 0 radical (unpaired) electrons. The van der Waals surface area contributed by atoms with Crippen LogP contribution in [-0.2, 0) is 6.42 Å². The number of para-hydroxylation sites is 1. The zero-order valence-electron chi connectivity index (χ0n) is 21.8. The summed E-state index contributed by atoms with van der Waals surface area (Å²) in [6.45, 7) is 0. The van der Waals surface area contributed by atoms with E-state index < -0.39 is 0 Å². The molecule has 1 nitrogen and oxygen atoms in total. The topological polar surface area (TPSA) is 26.0 Å². The van der Waals surface area contributed by atoms with E-state index in [2.05, 4.69) is 137 Å². The van der Waals surface area contributed by atoms with Crippen LogP contribution in [-0.4, -0.2) is 0 Å². The average molecular weight is 571 g/mol. The van der Waals surface area contributed by atoms with E-state index >= 15 is 0 Å². The Balaban J connectivity index is 0.000000152. The summed E-state index contributed by atoms with van der Waals surface area (Å²) in [6.07, 6.45) is 0.988. The second kappa shape index (κ2) is 15.1. The van der Waals surface area contributed by atoms with Crippen LogP contribution in [0.2, 0.25) is 0 Å². The van der Waals surface area contributed by atoms with Gasteiger partial charge in [0.05, 0.1) is 0 Å². The Morgan fingerprint density at radius 3 is 1.28 bits per heavy atom. The van der Waals surface area contributed by atoms with Gasteiger partial charge in [-0.1, -0.05) is 162 Å². The highest BCUT2D eigenvalue weighted by Crippen LogP contribution is 2.23. The predicted octanol–water partition coefficient (Wildman–Crippen LogP) is 10.3. The zero-order valence-corrected chi connectivity index (χ0v) is 23.4. The van der Waals surface area contributed by atoms with Crippen molar-refractivity contribution in [3.05, 3.63) is 185 Å². The lowest BCUT2D eigenvalue weighted by Gasteiger charge is -2.06. The molecule has 6 aromatic carbocycles. The normalized spacial score (nSPS) is 9.87. The van der Waals surface area contributed by atoms with Crippen LogP contribution in [0.15, 0.2) is 174 Å². The maximum Gasteiger partial charge on any atom is 0.0313 e. The third-order valence-electron chi connectivity index (χ3n) is 6.02. The van der Waals surface area contributed by atoms with Crippen molar-refractivity contribution < 1.29 is 0 Å². The van der Waals surface area contributed by atoms with Crippen molar-refractivity contribution in [2.75, 3.05) is 5.73 Å². The first-order valence-electron chi connectivity index (χ1n) is 13.0. The maximum atomic E-state index is 5.36. The summed E-state index contributed by atoms with van der Waals surface area (Å²) in [4.78, 5) is 0. The van der Waals surface area contributed by atoms with Crippen molar-refractivity contribution in [2.45, 2.75) is 6.42 Å². The molecular formula is C37H32BrN. The van der Waals surface area contributed by atoms with Crippen LogP contribution in [0.5, 0.6) is 0 Å². The number of rotatable bonds is 4. The molecule has 39 heavy (non-hydrogen) atoms. The molecule has 0 saturated heterocycles. The molecule has 6 rings (SSSR count). The van der Waals surface area contributed by atoms with Crippen molar-refractivity contribution in [3.63, 3.8) is 0 Å². The number of anilines is 1. The fourth-order valence-corrected chi connectivity index (χ4v) is 4.47. The van der Waals surface area contributed by atoms with Crippen LogP contribution in [0.1, 0.15) is 11.1 Å². The maximum absolute atomic E-state index is 5.36. The lowest BCUT2D eigenvalue weighted by molar-refractivity contribution is 1.19. The standard InChI is InChI=1S/C19H16.C12H9Br.C6H7N/c1-3-8-16(9-4-1)14-17-10-7-13-19(15-17)18-11-5-2-6-12-18;13-12-8-4-7-11(9-12)10-5-2-1-3-6-10;7-6-4-2-1-3-5-6/h1-13,15H,14H2;1-9H;1-5H,7H2. The molecule has 0 aliphatic carbocycles. The van der Waals surface area contributed by atoms with Gasteiger partial charge in [-0.25, -0.2) is 0 Å².